The lowest BCUT2D eigenvalue weighted by Gasteiger charge is -2.43. The Bertz CT molecular complexity index is 767. The number of ether oxygens (including phenoxy) is 1. The lowest BCUT2D eigenvalue weighted by Crippen LogP contribution is -2.39. The number of carbonyl (C=O) groups excluding carboxylic acids is 1. The van der Waals surface area contributed by atoms with Crippen LogP contribution in [0.2, 0.25) is 0 Å². The maximum absolute atomic E-state index is 13.0. The van der Waals surface area contributed by atoms with Crippen LogP contribution in [-0.2, 0) is 9.53 Å². The largest absolute Gasteiger partial charge is 0.465 e. The van der Waals surface area contributed by atoms with Gasteiger partial charge in [0.15, 0.2) is 0 Å². The lowest BCUT2D eigenvalue weighted by atomic mass is 9.61. The predicted octanol–water partition coefficient (Wildman–Crippen LogP) is 5.23. The van der Waals surface area contributed by atoms with Crippen LogP contribution in [-0.4, -0.2) is 45.7 Å². The molecule has 0 spiro atoms. The molecule has 0 saturated heterocycles. The molecule has 0 amide bonds. The number of hydrogen-bond donors (Lipinski definition) is 3. The Balaban J connectivity index is 1.36. The first-order chi connectivity index (χ1) is 16.2. The smallest absolute Gasteiger partial charge is 0.308 e. The van der Waals surface area contributed by atoms with Crippen LogP contribution in [0.25, 0.3) is 0 Å². The maximum Gasteiger partial charge on any atom is 0.308 e. The average molecular weight is 475 g/mol. The fourth-order valence-electron chi connectivity index (χ4n) is 7.73. The third-order valence-corrected chi connectivity index (χ3v) is 9.68. The number of aliphatic hydroxyl groups is 3. The molecule has 0 bridgehead atoms. The van der Waals surface area contributed by atoms with Gasteiger partial charge in [0.1, 0.15) is 0 Å². The Morgan fingerprint density at radius 3 is 2.47 bits per heavy atom. The molecule has 0 aromatic rings. The summed E-state index contributed by atoms with van der Waals surface area (Å²) in [4.78, 5) is 13.0. The van der Waals surface area contributed by atoms with E-state index in [2.05, 4.69) is 19.1 Å². The van der Waals surface area contributed by atoms with Crippen molar-refractivity contribution in [2.75, 3.05) is 6.61 Å². The molecule has 4 aliphatic rings. The van der Waals surface area contributed by atoms with Crippen molar-refractivity contribution in [3.63, 3.8) is 0 Å². The molecule has 4 fully saturated rings. The summed E-state index contributed by atoms with van der Waals surface area (Å²) < 4.78 is 5.71. The van der Waals surface area contributed by atoms with E-state index in [1.807, 2.05) is 6.92 Å². The zero-order valence-electron chi connectivity index (χ0n) is 21.3. The van der Waals surface area contributed by atoms with Gasteiger partial charge in [0.05, 0.1) is 30.3 Å². The second-order valence-corrected chi connectivity index (χ2v) is 12.1. The third-order valence-electron chi connectivity index (χ3n) is 9.68. The second kappa shape index (κ2) is 10.8. The van der Waals surface area contributed by atoms with E-state index in [1.54, 1.807) is 0 Å². The summed E-state index contributed by atoms with van der Waals surface area (Å²) in [5, 5.41) is 30.7. The van der Waals surface area contributed by atoms with Crippen LogP contribution >= 0.6 is 0 Å². The standard InChI is InChI=1S/C29H46O5/c1-20(27(32)34-16-15-29(33)13-4-3-5-14-29)25-10-11-26-22(7-6-12-28(25,26)2)9-8-21-17-23(30)19-24(31)18-21/h8-9,20,23-26,30-31,33H,3-7,10-19H2,1-2H3/b22-9+/t20-,23+,24+,25+,26-,28+/m0/s1. The van der Waals surface area contributed by atoms with Gasteiger partial charge in [-0.2, -0.15) is 0 Å². The van der Waals surface area contributed by atoms with Crippen LogP contribution in [0.4, 0.5) is 0 Å². The Kier molecular flexibility index (Phi) is 8.26. The summed E-state index contributed by atoms with van der Waals surface area (Å²) in [6.45, 7) is 4.74. The molecular formula is C29H46O5. The van der Waals surface area contributed by atoms with Gasteiger partial charge >= 0.3 is 5.97 Å². The fraction of sp³-hybridized carbons (Fsp3) is 0.828. The van der Waals surface area contributed by atoms with Crippen molar-refractivity contribution in [2.24, 2.45) is 23.2 Å². The maximum atomic E-state index is 13.0. The normalized spacial score (nSPS) is 37.8. The SMILES string of the molecule is C[C@H](C(=O)OCCC1(O)CCCCC1)[C@H]1CC[C@H]2/C(=C/C=C3C[C@@H](O)C[C@H](O)C3)CCC[C@]12C. The minimum atomic E-state index is -0.645. The molecule has 34 heavy (non-hydrogen) atoms. The predicted molar refractivity (Wildman–Crippen MR) is 133 cm³/mol. The number of carbonyl (C=O) groups is 1. The van der Waals surface area contributed by atoms with Crippen molar-refractivity contribution >= 4 is 5.97 Å². The van der Waals surface area contributed by atoms with Gasteiger partial charge in [-0.1, -0.05) is 56.4 Å². The van der Waals surface area contributed by atoms with E-state index in [0.29, 0.717) is 44.1 Å². The molecule has 0 aliphatic heterocycles. The molecule has 3 N–H and O–H groups in total. The van der Waals surface area contributed by atoms with E-state index >= 15 is 0 Å². The minimum absolute atomic E-state index is 0.102. The molecule has 4 aliphatic carbocycles. The lowest BCUT2D eigenvalue weighted by molar-refractivity contribution is -0.153. The Morgan fingerprint density at radius 1 is 1.06 bits per heavy atom. The molecule has 5 nitrogen and oxygen atoms in total. The van der Waals surface area contributed by atoms with Crippen molar-refractivity contribution in [2.45, 2.75) is 122 Å². The second-order valence-electron chi connectivity index (χ2n) is 12.1. The molecule has 0 aromatic carbocycles. The number of rotatable bonds is 6. The monoisotopic (exact) mass is 474 g/mol. The highest BCUT2D eigenvalue weighted by Crippen LogP contribution is 2.59. The number of aliphatic hydroxyl groups excluding tert-OH is 2. The number of allylic oxidation sites excluding steroid dienone is 3. The van der Waals surface area contributed by atoms with Crippen LogP contribution in [0.15, 0.2) is 23.3 Å². The van der Waals surface area contributed by atoms with E-state index < -0.39 is 17.8 Å². The average Bonchev–Trinajstić information content (AvgIpc) is 3.14. The Morgan fingerprint density at radius 2 is 1.76 bits per heavy atom. The fourth-order valence-corrected chi connectivity index (χ4v) is 7.73. The quantitative estimate of drug-likeness (QED) is 0.459. The van der Waals surface area contributed by atoms with Crippen LogP contribution in [0.1, 0.15) is 104 Å². The molecular weight excluding hydrogens is 428 g/mol. The van der Waals surface area contributed by atoms with Crippen molar-refractivity contribution in [1.29, 1.82) is 0 Å². The first-order valence-electron chi connectivity index (χ1n) is 13.8. The van der Waals surface area contributed by atoms with Gasteiger partial charge in [0, 0.05) is 6.42 Å². The highest BCUT2D eigenvalue weighted by atomic mass is 16.5. The van der Waals surface area contributed by atoms with Crippen molar-refractivity contribution in [3.8, 4) is 0 Å². The van der Waals surface area contributed by atoms with Gasteiger partial charge in [-0.15, -0.1) is 0 Å². The van der Waals surface area contributed by atoms with Gasteiger partial charge in [0.2, 0.25) is 0 Å². The minimum Gasteiger partial charge on any atom is -0.465 e. The highest BCUT2D eigenvalue weighted by Gasteiger charge is 2.52. The van der Waals surface area contributed by atoms with Crippen LogP contribution in [0.3, 0.4) is 0 Å². The summed E-state index contributed by atoms with van der Waals surface area (Å²) in [5.41, 5.74) is 2.07. The van der Waals surface area contributed by atoms with E-state index in [1.165, 1.54) is 12.0 Å². The summed E-state index contributed by atoms with van der Waals surface area (Å²) in [7, 11) is 0. The Hall–Kier alpha value is -1.17. The third kappa shape index (κ3) is 5.79. The molecule has 4 saturated carbocycles. The summed E-state index contributed by atoms with van der Waals surface area (Å²) >= 11 is 0. The Labute approximate surface area is 205 Å². The molecule has 0 radical (unpaired) electrons. The first-order valence-corrected chi connectivity index (χ1v) is 13.8. The highest BCUT2D eigenvalue weighted by molar-refractivity contribution is 5.72. The van der Waals surface area contributed by atoms with Gasteiger partial charge in [0.25, 0.3) is 0 Å². The zero-order valence-corrected chi connectivity index (χ0v) is 21.3. The molecule has 192 valence electrons. The zero-order chi connectivity index (χ0) is 24.3. The van der Waals surface area contributed by atoms with E-state index in [4.69, 9.17) is 4.74 Å². The molecule has 0 heterocycles. The van der Waals surface area contributed by atoms with Crippen LogP contribution < -0.4 is 0 Å². The van der Waals surface area contributed by atoms with Crippen molar-refractivity contribution in [3.05, 3.63) is 23.3 Å². The van der Waals surface area contributed by atoms with Gasteiger partial charge < -0.3 is 20.1 Å². The molecule has 5 heteroatoms. The summed E-state index contributed by atoms with van der Waals surface area (Å²) in [6, 6.07) is 0. The van der Waals surface area contributed by atoms with Crippen molar-refractivity contribution < 1.29 is 24.9 Å². The van der Waals surface area contributed by atoms with Gasteiger partial charge in [-0.05, 0) is 81.5 Å². The first kappa shape index (κ1) is 25.9. The van der Waals surface area contributed by atoms with Crippen LogP contribution in [0, 0.1) is 23.2 Å². The van der Waals surface area contributed by atoms with Crippen LogP contribution in [0.5, 0.6) is 0 Å². The topological polar surface area (TPSA) is 87.0 Å². The van der Waals surface area contributed by atoms with Gasteiger partial charge in [-0.25, -0.2) is 0 Å². The van der Waals surface area contributed by atoms with E-state index in [9.17, 15) is 20.1 Å². The number of fused-ring (bicyclic) bond motifs is 1. The van der Waals surface area contributed by atoms with Gasteiger partial charge in [-0.3, -0.25) is 4.79 Å². The van der Waals surface area contributed by atoms with E-state index in [0.717, 1.165) is 63.4 Å². The number of esters is 1. The molecule has 6 atom stereocenters. The molecule has 0 unspecified atom stereocenters. The molecule has 0 aromatic heterocycles. The number of hydrogen-bond acceptors (Lipinski definition) is 5. The summed E-state index contributed by atoms with van der Waals surface area (Å²) in [6.07, 6.45) is 16.4. The molecule has 4 rings (SSSR count). The summed E-state index contributed by atoms with van der Waals surface area (Å²) in [5.74, 6) is 0.573. The van der Waals surface area contributed by atoms with E-state index in [-0.39, 0.29) is 17.3 Å². The van der Waals surface area contributed by atoms with Crippen molar-refractivity contribution in [1.82, 2.24) is 0 Å².